The molecule has 0 atom stereocenters. The van der Waals surface area contributed by atoms with Crippen LogP contribution in [0, 0.1) is 0 Å². The minimum atomic E-state index is -4.28. The molecule has 0 fully saturated rings. The summed E-state index contributed by atoms with van der Waals surface area (Å²) in [5.74, 6) is 0. The monoisotopic (exact) mass is 346 g/mol. The summed E-state index contributed by atoms with van der Waals surface area (Å²) in [4.78, 5) is 2.22. The summed E-state index contributed by atoms with van der Waals surface area (Å²) in [7, 11) is 0. The number of halogens is 5. The molecule has 0 saturated carbocycles. The van der Waals surface area contributed by atoms with Gasteiger partial charge in [-0.25, -0.2) is 0 Å². The first-order valence-corrected chi connectivity index (χ1v) is 6.57. The largest absolute Gasteiger partial charge is 0.416 e. The first-order valence-electron chi connectivity index (χ1n) is 6.57. The molecule has 0 radical (unpaired) electrons. The van der Waals surface area contributed by atoms with Gasteiger partial charge in [-0.05, 0) is 24.7 Å². The Hall–Kier alpha value is -0.490. The van der Waals surface area contributed by atoms with E-state index in [1.807, 2.05) is 0 Å². The van der Waals surface area contributed by atoms with Crippen molar-refractivity contribution < 1.29 is 13.2 Å². The van der Waals surface area contributed by atoms with Crippen molar-refractivity contribution in [3.63, 3.8) is 0 Å². The van der Waals surface area contributed by atoms with Crippen LogP contribution in [0.5, 0.6) is 0 Å². The smallest absolute Gasteiger partial charge is 0.311 e. The standard InChI is InChI=1S/C14H21F3N2.2ClH/c1-3-19(4-2)10-9-18-11-12-7-5-6-8-13(12)14(15,16)17;;/h5-8,18H,3-4,9-11H2,1-2H3;2*1H. The molecule has 0 aliphatic rings. The number of hydrogen-bond acceptors (Lipinski definition) is 2. The van der Waals surface area contributed by atoms with Gasteiger partial charge in [0, 0.05) is 19.6 Å². The molecule has 1 aromatic carbocycles. The van der Waals surface area contributed by atoms with E-state index in [1.54, 1.807) is 6.07 Å². The average molecular weight is 347 g/mol. The van der Waals surface area contributed by atoms with Gasteiger partial charge in [-0.15, -0.1) is 24.8 Å². The Labute approximate surface area is 136 Å². The number of hydrogen-bond donors (Lipinski definition) is 1. The third-order valence-corrected chi connectivity index (χ3v) is 3.14. The highest BCUT2D eigenvalue weighted by Gasteiger charge is 2.32. The first kappa shape index (κ1) is 22.8. The van der Waals surface area contributed by atoms with Gasteiger partial charge < -0.3 is 10.2 Å². The first-order chi connectivity index (χ1) is 8.99. The van der Waals surface area contributed by atoms with Crippen LogP contribution >= 0.6 is 24.8 Å². The Bertz CT molecular complexity index is 383. The molecular weight excluding hydrogens is 324 g/mol. The molecule has 1 rings (SSSR count). The molecule has 21 heavy (non-hydrogen) atoms. The molecule has 7 heteroatoms. The van der Waals surface area contributed by atoms with Crippen molar-refractivity contribution in [3.8, 4) is 0 Å². The molecule has 0 amide bonds. The topological polar surface area (TPSA) is 15.3 Å². The van der Waals surface area contributed by atoms with Crippen LogP contribution in [-0.4, -0.2) is 31.1 Å². The second kappa shape index (κ2) is 11.1. The van der Waals surface area contributed by atoms with E-state index in [4.69, 9.17) is 0 Å². The zero-order valence-electron chi connectivity index (χ0n) is 12.2. The summed E-state index contributed by atoms with van der Waals surface area (Å²) < 4.78 is 38.3. The highest BCUT2D eigenvalue weighted by molar-refractivity contribution is 5.85. The molecule has 1 aromatic rings. The summed E-state index contributed by atoms with van der Waals surface area (Å²) in [6.07, 6.45) is -4.28. The number of nitrogens with one attached hydrogen (secondary N) is 1. The van der Waals surface area contributed by atoms with Gasteiger partial charge in [0.1, 0.15) is 0 Å². The number of likely N-dealkylation sites (N-methyl/N-ethyl adjacent to an activating group) is 1. The molecule has 0 heterocycles. The zero-order valence-corrected chi connectivity index (χ0v) is 13.9. The lowest BCUT2D eigenvalue weighted by molar-refractivity contribution is -0.138. The fourth-order valence-electron chi connectivity index (χ4n) is 1.95. The molecule has 0 aliphatic carbocycles. The predicted molar refractivity (Wildman–Crippen MR) is 85.4 cm³/mol. The molecule has 124 valence electrons. The normalized spacial score (nSPS) is 11.0. The van der Waals surface area contributed by atoms with Crippen molar-refractivity contribution in [3.05, 3.63) is 35.4 Å². The summed E-state index contributed by atoms with van der Waals surface area (Å²) in [6.45, 7) is 7.84. The fourth-order valence-corrected chi connectivity index (χ4v) is 1.95. The minimum absolute atomic E-state index is 0. The van der Waals surface area contributed by atoms with E-state index < -0.39 is 11.7 Å². The van der Waals surface area contributed by atoms with Crippen molar-refractivity contribution in [1.29, 1.82) is 0 Å². The lowest BCUT2D eigenvalue weighted by Crippen LogP contribution is -2.32. The van der Waals surface area contributed by atoms with Gasteiger partial charge in [0.2, 0.25) is 0 Å². The van der Waals surface area contributed by atoms with Crippen molar-refractivity contribution in [2.45, 2.75) is 26.6 Å². The maximum atomic E-state index is 12.8. The summed E-state index contributed by atoms with van der Waals surface area (Å²) in [5, 5.41) is 3.07. The molecule has 1 N–H and O–H groups in total. The third-order valence-electron chi connectivity index (χ3n) is 3.14. The predicted octanol–water partition coefficient (Wildman–Crippen LogP) is 3.98. The Kier molecular flexibility index (Phi) is 12.1. The van der Waals surface area contributed by atoms with Crippen molar-refractivity contribution >= 4 is 24.8 Å². The van der Waals surface area contributed by atoms with Crippen LogP contribution in [0.15, 0.2) is 24.3 Å². The van der Waals surface area contributed by atoms with Crippen molar-refractivity contribution in [2.24, 2.45) is 0 Å². The van der Waals surface area contributed by atoms with Crippen LogP contribution in [-0.2, 0) is 12.7 Å². The summed E-state index contributed by atoms with van der Waals surface area (Å²) in [5.41, 5.74) is -0.250. The zero-order chi connectivity index (χ0) is 14.3. The fraction of sp³-hybridized carbons (Fsp3) is 0.571. The number of nitrogens with zero attached hydrogens (tertiary/aromatic N) is 1. The second-order valence-electron chi connectivity index (χ2n) is 4.36. The maximum absolute atomic E-state index is 12.8. The van der Waals surface area contributed by atoms with Crippen LogP contribution in [0.3, 0.4) is 0 Å². The quantitative estimate of drug-likeness (QED) is 0.751. The van der Waals surface area contributed by atoms with Gasteiger partial charge in [0.05, 0.1) is 5.56 Å². The van der Waals surface area contributed by atoms with E-state index in [9.17, 15) is 13.2 Å². The molecular formula is C14H23Cl2F3N2. The SMILES string of the molecule is CCN(CC)CCNCc1ccccc1C(F)(F)F.Cl.Cl. The van der Waals surface area contributed by atoms with Gasteiger partial charge in [-0.1, -0.05) is 32.0 Å². The van der Waals surface area contributed by atoms with Crippen LogP contribution < -0.4 is 5.32 Å². The second-order valence-corrected chi connectivity index (χ2v) is 4.36. The van der Waals surface area contributed by atoms with Crippen molar-refractivity contribution in [1.82, 2.24) is 10.2 Å². The van der Waals surface area contributed by atoms with Crippen LogP contribution in [0.1, 0.15) is 25.0 Å². The molecule has 2 nitrogen and oxygen atoms in total. The van der Waals surface area contributed by atoms with Crippen LogP contribution in [0.2, 0.25) is 0 Å². The molecule has 0 saturated heterocycles. The van der Waals surface area contributed by atoms with E-state index >= 15 is 0 Å². The highest BCUT2D eigenvalue weighted by atomic mass is 35.5. The number of rotatable bonds is 7. The summed E-state index contributed by atoms with van der Waals surface area (Å²) in [6, 6.07) is 5.70. The van der Waals surface area contributed by atoms with Crippen LogP contribution in [0.25, 0.3) is 0 Å². The minimum Gasteiger partial charge on any atom is -0.311 e. The van der Waals surface area contributed by atoms with E-state index in [0.717, 1.165) is 25.7 Å². The Morgan fingerprint density at radius 3 is 2.14 bits per heavy atom. The van der Waals surface area contributed by atoms with Gasteiger partial charge in [0.15, 0.2) is 0 Å². The van der Waals surface area contributed by atoms with Crippen molar-refractivity contribution in [2.75, 3.05) is 26.2 Å². The van der Waals surface area contributed by atoms with Gasteiger partial charge >= 0.3 is 6.18 Å². The van der Waals surface area contributed by atoms with E-state index in [1.165, 1.54) is 12.1 Å². The molecule has 0 bridgehead atoms. The molecule has 0 unspecified atom stereocenters. The number of benzene rings is 1. The lowest BCUT2D eigenvalue weighted by Gasteiger charge is -2.18. The average Bonchev–Trinajstić information content (AvgIpc) is 2.38. The summed E-state index contributed by atoms with van der Waals surface area (Å²) >= 11 is 0. The maximum Gasteiger partial charge on any atom is 0.416 e. The van der Waals surface area contributed by atoms with Crippen LogP contribution in [0.4, 0.5) is 13.2 Å². The van der Waals surface area contributed by atoms with Gasteiger partial charge in [0.25, 0.3) is 0 Å². The lowest BCUT2D eigenvalue weighted by atomic mass is 10.1. The number of alkyl halides is 3. The third kappa shape index (κ3) is 7.90. The molecule has 0 aliphatic heterocycles. The van der Waals surface area contributed by atoms with Gasteiger partial charge in [-0.3, -0.25) is 0 Å². The van der Waals surface area contributed by atoms with E-state index in [2.05, 4.69) is 24.1 Å². The molecule has 0 aromatic heterocycles. The van der Waals surface area contributed by atoms with E-state index in [-0.39, 0.29) is 31.4 Å². The highest BCUT2D eigenvalue weighted by Crippen LogP contribution is 2.31. The Morgan fingerprint density at radius 1 is 1.05 bits per heavy atom. The van der Waals surface area contributed by atoms with E-state index in [0.29, 0.717) is 12.1 Å². The van der Waals surface area contributed by atoms with Gasteiger partial charge in [-0.2, -0.15) is 13.2 Å². The Balaban J connectivity index is 0. The molecule has 0 spiro atoms. The Morgan fingerprint density at radius 2 is 1.62 bits per heavy atom.